The van der Waals surface area contributed by atoms with Gasteiger partial charge in [-0.3, -0.25) is 4.79 Å². The number of halogens is 1. The number of carboxylic acid groups (broad SMARTS) is 1. The van der Waals surface area contributed by atoms with Gasteiger partial charge in [-0.25, -0.2) is 0 Å². The fraction of sp³-hybridized carbons (Fsp3) is 0.769. The van der Waals surface area contributed by atoms with Gasteiger partial charge in [0.15, 0.2) is 0 Å². The Bertz CT molecular complexity index is 358. The van der Waals surface area contributed by atoms with Crippen molar-refractivity contribution in [1.82, 2.24) is 0 Å². The van der Waals surface area contributed by atoms with Crippen LogP contribution < -0.4 is 5.73 Å². The third-order valence-corrected chi connectivity index (χ3v) is 4.59. The molecule has 18 heavy (non-hydrogen) atoms. The quantitative estimate of drug-likeness (QED) is 0.669. The first-order valence-electron chi connectivity index (χ1n) is 6.51. The Morgan fingerprint density at radius 3 is 2.78 bits per heavy atom. The van der Waals surface area contributed by atoms with E-state index < -0.39 is 12.1 Å². The van der Waals surface area contributed by atoms with Gasteiger partial charge in [-0.1, -0.05) is 12.8 Å². The molecule has 102 valence electrons. The fourth-order valence-corrected chi connectivity index (χ4v) is 3.65. The van der Waals surface area contributed by atoms with E-state index in [-0.39, 0.29) is 23.1 Å². The summed E-state index contributed by atoms with van der Waals surface area (Å²) in [5.74, 6) is -0.796. The second kappa shape index (κ2) is 5.49. The Morgan fingerprint density at radius 1 is 1.39 bits per heavy atom. The van der Waals surface area contributed by atoms with E-state index in [4.69, 9.17) is 22.4 Å². The van der Waals surface area contributed by atoms with E-state index in [2.05, 4.69) is 0 Å². The van der Waals surface area contributed by atoms with Gasteiger partial charge in [0.1, 0.15) is 0 Å². The zero-order valence-corrected chi connectivity index (χ0v) is 11.0. The molecule has 0 spiro atoms. The smallest absolute Gasteiger partial charge is 0.306 e. The van der Waals surface area contributed by atoms with Crippen LogP contribution in [-0.4, -0.2) is 27.7 Å². The van der Waals surface area contributed by atoms with Gasteiger partial charge in [-0.15, -0.1) is 11.6 Å². The highest BCUT2D eigenvalue weighted by molar-refractivity contribution is 6.21. The van der Waals surface area contributed by atoms with Gasteiger partial charge in [0, 0.05) is 5.70 Å². The molecular weight excluding hydrogens is 254 g/mol. The standard InChI is InChI=1S/C13H20ClNO3/c14-9-5-10(12(16)11(15)6-9)7-2-1-3-8(4-7)13(17)18/h6-10,12,16H,1-5,15H2,(H,17,18). The predicted molar refractivity (Wildman–Crippen MR) is 69.1 cm³/mol. The van der Waals surface area contributed by atoms with Crippen molar-refractivity contribution in [1.29, 1.82) is 0 Å². The zero-order valence-electron chi connectivity index (χ0n) is 10.3. The number of aliphatic hydroxyl groups excluding tert-OH is 1. The Kier molecular flexibility index (Phi) is 4.17. The average molecular weight is 274 g/mol. The van der Waals surface area contributed by atoms with Crippen molar-refractivity contribution >= 4 is 17.6 Å². The topological polar surface area (TPSA) is 83.6 Å². The molecule has 5 unspecified atom stereocenters. The number of rotatable bonds is 2. The third-order valence-electron chi connectivity index (χ3n) is 4.29. The van der Waals surface area contributed by atoms with Crippen LogP contribution in [0.4, 0.5) is 0 Å². The Balaban J connectivity index is 2.07. The third kappa shape index (κ3) is 2.81. The van der Waals surface area contributed by atoms with E-state index in [0.29, 0.717) is 18.5 Å². The lowest BCUT2D eigenvalue weighted by Crippen LogP contribution is -2.40. The first kappa shape index (κ1) is 13.7. The molecule has 0 aromatic rings. The van der Waals surface area contributed by atoms with Crippen LogP contribution in [0.2, 0.25) is 0 Å². The second-order valence-electron chi connectivity index (χ2n) is 5.49. The summed E-state index contributed by atoms with van der Waals surface area (Å²) >= 11 is 6.11. The van der Waals surface area contributed by atoms with Crippen LogP contribution in [0.1, 0.15) is 32.1 Å². The van der Waals surface area contributed by atoms with Gasteiger partial charge >= 0.3 is 5.97 Å². The van der Waals surface area contributed by atoms with Crippen molar-refractivity contribution in [2.24, 2.45) is 23.5 Å². The summed E-state index contributed by atoms with van der Waals surface area (Å²) < 4.78 is 0. The van der Waals surface area contributed by atoms with Crippen LogP contribution in [-0.2, 0) is 4.79 Å². The number of hydrogen-bond acceptors (Lipinski definition) is 3. The zero-order chi connectivity index (χ0) is 13.3. The highest BCUT2D eigenvalue weighted by atomic mass is 35.5. The minimum atomic E-state index is -0.726. The van der Waals surface area contributed by atoms with Crippen molar-refractivity contribution in [2.45, 2.75) is 43.6 Å². The Morgan fingerprint density at radius 2 is 2.11 bits per heavy atom. The molecule has 0 radical (unpaired) electrons. The average Bonchev–Trinajstić information content (AvgIpc) is 2.34. The minimum Gasteiger partial charge on any atom is -0.481 e. The highest BCUT2D eigenvalue weighted by Gasteiger charge is 2.38. The molecule has 0 aromatic carbocycles. The van der Waals surface area contributed by atoms with Gasteiger partial charge in [-0.05, 0) is 37.2 Å². The maximum absolute atomic E-state index is 11.1. The van der Waals surface area contributed by atoms with Crippen molar-refractivity contribution in [3.63, 3.8) is 0 Å². The number of aliphatic carboxylic acids is 1. The monoisotopic (exact) mass is 273 g/mol. The summed E-state index contributed by atoms with van der Waals surface area (Å²) in [7, 11) is 0. The van der Waals surface area contributed by atoms with Crippen LogP contribution in [0.5, 0.6) is 0 Å². The molecule has 4 nitrogen and oxygen atoms in total. The molecule has 0 bridgehead atoms. The number of carbonyl (C=O) groups is 1. The van der Waals surface area contributed by atoms with Crippen molar-refractivity contribution in [3.05, 3.63) is 11.8 Å². The molecule has 2 rings (SSSR count). The lowest BCUT2D eigenvalue weighted by Gasteiger charge is -2.38. The van der Waals surface area contributed by atoms with E-state index in [1.165, 1.54) is 0 Å². The molecule has 4 N–H and O–H groups in total. The maximum atomic E-state index is 11.1. The molecular formula is C13H20ClNO3. The molecule has 1 saturated carbocycles. The predicted octanol–water partition coefficient (Wildman–Crippen LogP) is 1.71. The number of allylic oxidation sites excluding steroid dienone is 1. The van der Waals surface area contributed by atoms with Crippen molar-refractivity contribution < 1.29 is 15.0 Å². The summed E-state index contributed by atoms with van der Waals surface area (Å²) in [6.45, 7) is 0. The minimum absolute atomic E-state index is 0.000324. The molecule has 2 aliphatic rings. The van der Waals surface area contributed by atoms with Gasteiger partial charge in [-0.2, -0.15) is 0 Å². The fourth-order valence-electron chi connectivity index (χ4n) is 3.30. The summed E-state index contributed by atoms with van der Waals surface area (Å²) in [5.41, 5.74) is 6.20. The van der Waals surface area contributed by atoms with Gasteiger partial charge in [0.25, 0.3) is 0 Å². The molecule has 0 saturated heterocycles. The molecule has 0 heterocycles. The largest absolute Gasteiger partial charge is 0.481 e. The van der Waals surface area contributed by atoms with Crippen LogP contribution >= 0.6 is 11.6 Å². The number of carboxylic acids is 1. The normalized spacial score (nSPS) is 41.2. The van der Waals surface area contributed by atoms with Gasteiger partial charge < -0.3 is 15.9 Å². The lowest BCUT2D eigenvalue weighted by molar-refractivity contribution is -0.143. The molecule has 5 heteroatoms. The molecule has 2 aliphatic carbocycles. The van der Waals surface area contributed by atoms with Crippen LogP contribution in [0.25, 0.3) is 0 Å². The van der Waals surface area contributed by atoms with Crippen LogP contribution in [0.3, 0.4) is 0 Å². The first-order chi connectivity index (χ1) is 8.49. The summed E-state index contributed by atoms with van der Waals surface area (Å²) in [4.78, 5) is 11.1. The number of aliphatic hydroxyl groups is 1. The van der Waals surface area contributed by atoms with Crippen LogP contribution in [0.15, 0.2) is 11.8 Å². The van der Waals surface area contributed by atoms with E-state index in [1.807, 2.05) is 0 Å². The summed E-state index contributed by atoms with van der Waals surface area (Å²) in [6.07, 6.45) is 4.94. The highest BCUT2D eigenvalue weighted by Crippen LogP contribution is 2.40. The van der Waals surface area contributed by atoms with Crippen molar-refractivity contribution in [2.75, 3.05) is 0 Å². The summed E-state index contributed by atoms with van der Waals surface area (Å²) in [5, 5.41) is 19.1. The molecule has 5 atom stereocenters. The van der Waals surface area contributed by atoms with Gasteiger partial charge in [0.05, 0.1) is 17.4 Å². The SMILES string of the molecule is NC1=CC(Cl)CC(C2CCCC(C(=O)O)C2)C1O. The Hall–Kier alpha value is -0.740. The lowest BCUT2D eigenvalue weighted by atomic mass is 9.70. The van der Waals surface area contributed by atoms with Gasteiger partial charge in [0.2, 0.25) is 0 Å². The number of nitrogens with two attached hydrogens (primary N) is 1. The number of alkyl halides is 1. The van der Waals surface area contributed by atoms with E-state index in [0.717, 1.165) is 19.3 Å². The molecule has 0 aromatic heterocycles. The maximum Gasteiger partial charge on any atom is 0.306 e. The molecule has 1 fully saturated rings. The molecule has 0 aliphatic heterocycles. The second-order valence-corrected chi connectivity index (χ2v) is 6.05. The van der Waals surface area contributed by atoms with Crippen LogP contribution in [0, 0.1) is 17.8 Å². The van der Waals surface area contributed by atoms with Crippen molar-refractivity contribution in [3.8, 4) is 0 Å². The van der Waals surface area contributed by atoms with E-state index >= 15 is 0 Å². The van der Waals surface area contributed by atoms with E-state index in [1.54, 1.807) is 6.08 Å². The van der Waals surface area contributed by atoms with E-state index in [9.17, 15) is 9.90 Å². The molecule has 0 amide bonds. The Labute approximate surface area is 112 Å². The number of hydrogen-bond donors (Lipinski definition) is 3. The first-order valence-corrected chi connectivity index (χ1v) is 6.94. The summed E-state index contributed by atoms with van der Waals surface area (Å²) in [6, 6.07) is 0.